The Morgan fingerprint density at radius 1 is 1.07 bits per heavy atom. The van der Waals surface area contributed by atoms with Gasteiger partial charge in [-0.25, -0.2) is 9.59 Å². The minimum Gasteiger partial charge on any atom is -0.496 e. The van der Waals surface area contributed by atoms with Gasteiger partial charge < -0.3 is 20.5 Å². The summed E-state index contributed by atoms with van der Waals surface area (Å²) in [6, 6.07) is 14.2. The number of para-hydroxylation sites is 1. The number of ether oxygens (including phenoxy) is 1. The summed E-state index contributed by atoms with van der Waals surface area (Å²) in [4.78, 5) is 23.1. The number of hydrogen-bond acceptors (Lipinski definition) is 3. The highest BCUT2D eigenvalue weighted by atomic mass is 16.5. The third kappa shape index (κ3) is 4.22. The van der Waals surface area contributed by atoms with Gasteiger partial charge in [-0.1, -0.05) is 36.8 Å². The summed E-state index contributed by atoms with van der Waals surface area (Å²) in [7, 11) is 1.67. The number of carbonyl (C=O) groups excluding carboxylic acids is 1. The molecule has 0 spiro atoms. The van der Waals surface area contributed by atoms with Crippen molar-refractivity contribution >= 4 is 12.0 Å². The fourth-order valence-electron chi connectivity index (χ4n) is 3.49. The number of amides is 2. The van der Waals surface area contributed by atoms with Crippen molar-refractivity contribution in [3.05, 3.63) is 65.2 Å². The number of carboxylic acid groups (broad SMARTS) is 1. The lowest BCUT2D eigenvalue weighted by Crippen LogP contribution is -2.48. The van der Waals surface area contributed by atoms with Crippen LogP contribution in [-0.4, -0.2) is 30.8 Å². The summed E-state index contributed by atoms with van der Waals surface area (Å²) in [6.45, 7) is 0.893. The highest BCUT2D eigenvalue weighted by Crippen LogP contribution is 2.46. The zero-order valence-corrected chi connectivity index (χ0v) is 15.3. The first-order chi connectivity index (χ1) is 13.0. The van der Waals surface area contributed by atoms with Crippen LogP contribution in [0.1, 0.15) is 40.7 Å². The van der Waals surface area contributed by atoms with Crippen LogP contribution in [0.5, 0.6) is 5.75 Å². The number of carboxylic acids is 1. The van der Waals surface area contributed by atoms with E-state index in [1.54, 1.807) is 19.2 Å². The van der Waals surface area contributed by atoms with Crippen molar-refractivity contribution in [2.24, 2.45) is 0 Å². The Morgan fingerprint density at radius 3 is 2.37 bits per heavy atom. The average Bonchev–Trinajstić information content (AvgIpc) is 2.66. The van der Waals surface area contributed by atoms with Crippen LogP contribution in [0.25, 0.3) is 0 Å². The van der Waals surface area contributed by atoms with Gasteiger partial charge in [-0.2, -0.15) is 0 Å². The molecule has 0 atom stereocenters. The summed E-state index contributed by atoms with van der Waals surface area (Å²) in [5.41, 5.74) is 2.14. The number of carbonyl (C=O) groups is 2. The summed E-state index contributed by atoms with van der Waals surface area (Å²) in [5.74, 6) is -0.104. The molecule has 142 valence electrons. The summed E-state index contributed by atoms with van der Waals surface area (Å²) in [5, 5.41) is 14.7. The molecule has 0 unspecified atom stereocenters. The maximum absolute atomic E-state index is 12.2. The van der Waals surface area contributed by atoms with Crippen LogP contribution in [0.4, 0.5) is 4.79 Å². The highest BCUT2D eigenvalue weighted by Gasteiger charge is 2.40. The van der Waals surface area contributed by atoms with Crippen molar-refractivity contribution in [3.63, 3.8) is 0 Å². The van der Waals surface area contributed by atoms with E-state index in [0.29, 0.717) is 13.1 Å². The quantitative estimate of drug-likeness (QED) is 0.700. The second-order valence-corrected chi connectivity index (χ2v) is 6.87. The molecule has 27 heavy (non-hydrogen) atoms. The van der Waals surface area contributed by atoms with Crippen molar-refractivity contribution < 1.29 is 19.4 Å². The summed E-state index contributed by atoms with van der Waals surface area (Å²) >= 11 is 0. The van der Waals surface area contributed by atoms with E-state index in [1.807, 2.05) is 18.2 Å². The van der Waals surface area contributed by atoms with Crippen LogP contribution < -0.4 is 15.4 Å². The molecular weight excluding hydrogens is 344 g/mol. The Balaban J connectivity index is 1.55. The van der Waals surface area contributed by atoms with Gasteiger partial charge in [0.15, 0.2) is 0 Å². The van der Waals surface area contributed by atoms with Gasteiger partial charge in [0, 0.05) is 24.1 Å². The number of methoxy groups -OCH3 is 1. The van der Waals surface area contributed by atoms with E-state index in [2.05, 4.69) is 16.7 Å². The molecule has 0 aliphatic heterocycles. The van der Waals surface area contributed by atoms with Gasteiger partial charge in [0.05, 0.1) is 12.7 Å². The fraction of sp³-hybridized carbons (Fsp3) is 0.333. The molecule has 0 saturated heterocycles. The lowest BCUT2D eigenvalue weighted by atomic mass is 9.64. The van der Waals surface area contributed by atoms with Gasteiger partial charge in [-0.3, -0.25) is 0 Å². The van der Waals surface area contributed by atoms with Gasteiger partial charge in [0.2, 0.25) is 0 Å². The maximum atomic E-state index is 12.2. The molecule has 6 nitrogen and oxygen atoms in total. The fourth-order valence-corrected chi connectivity index (χ4v) is 3.49. The SMILES string of the molecule is COc1ccccc1C1(CNC(=O)NCc2ccc(C(=O)O)cc2)CCC1. The minimum atomic E-state index is -0.964. The molecule has 1 saturated carbocycles. The van der Waals surface area contributed by atoms with Crippen LogP contribution in [-0.2, 0) is 12.0 Å². The van der Waals surface area contributed by atoms with Gasteiger partial charge >= 0.3 is 12.0 Å². The van der Waals surface area contributed by atoms with Crippen molar-refractivity contribution in [1.29, 1.82) is 0 Å². The molecule has 2 aromatic rings. The van der Waals surface area contributed by atoms with Crippen molar-refractivity contribution in [3.8, 4) is 5.75 Å². The summed E-state index contributed by atoms with van der Waals surface area (Å²) in [6.07, 6.45) is 3.17. The minimum absolute atomic E-state index is 0.0763. The van der Waals surface area contributed by atoms with E-state index < -0.39 is 5.97 Å². The van der Waals surface area contributed by atoms with Gasteiger partial charge in [0.1, 0.15) is 5.75 Å². The second-order valence-electron chi connectivity index (χ2n) is 6.87. The molecule has 2 amide bonds. The van der Waals surface area contributed by atoms with E-state index in [1.165, 1.54) is 12.1 Å². The molecule has 1 aliphatic carbocycles. The monoisotopic (exact) mass is 368 g/mol. The van der Waals surface area contributed by atoms with E-state index in [4.69, 9.17) is 9.84 Å². The standard InChI is InChI=1S/C21H24N2O4/c1-27-18-6-3-2-5-17(18)21(11-4-12-21)14-23-20(26)22-13-15-7-9-16(10-8-15)19(24)25/h2-3,5-10H,4,11-14H2,1H3,(H,24,25)(H2,22,23,26). The second kappa shape index (κ2) is 8.12. The third-order valence-electron chi connectivity index (χ3n) is 5.23. The number of benzene rings is 2. The number of aromatic carboxylic acids is 1. The van der Waals surface area contributed by atoms with Crippen LogP contribution in [0, 0.1) is 0 Å². The predicted molar refractivity (Wildman–Crippen MR) is 102 cm³/mol. The molecule has 0 bridgehead atoms. The van der Waals surface area contributed by atoms with Crippen LogP contribution in [0.15, 0.2) is 48.5 Å². The van der Waals surface area contributed by atoms with Crippen molar-refractivity contribution in [2.45, 2.75) is 31.2 Å². The van der Waals surface area contributed by atoms with Gasteiger partial charge in [-0.15, -0.1) is 0 Å². The number of rotatable bonds is 7. The molecule has 2 aromatic carbocycles. The van der Waals surface area contributed by atoms with Crippen LogP contribution in [0.2, 0.25) is 0 Å². The molecule has 1 fully saturated rings. The topological polar surface area (TPSA) is 87.7 Å². The van der Waals surface area contributed by atoms with Gasteiger partial charge in [-0.05, 0) is 36.6 Å². The first-order valence-electron chi connectivity index (χ1n) is 9.01. The number of hydrogen-bond donors (Lipinski definition) is 3. The normalized spacial score (nSPS) is 14.7. The van der Waals surface area contributed by atoms with E-state index in [0.717, 1.165) is 36.1 Å². The zero-order valence-electron chi connectivity index (χ0n) is 15.3. The zero-order chi connectivity index (χ0) is 19.3. The largest absolute Gasteiger partial charge is 0.496 e. The van der Waals surface area contributed by atoms with Crippen molar-refractivity contribution in [1.82, 2.24) is 10.6 Å². The molecular formula is C21H24N2O4. The first kappa shape index (κ1) is 18.8. The van der Waals surface area contributed by atoms with E-state index in [-0.39, 0.29) is 17.0 Å². The number of nitrogens with one attached hydrogen (secondary N) is 2. The van der Waals surface area contributed by atoms with Crippen molar-refractivity contribution in [2.75, 3.05) is 13.7 Å². The Kier molecular flexibility index (Phi) is 5.64. The highest BCUT2D eigenvalue weighted by molar-refractivity contribution is 5.87. The Morgan fingerprint density at radius 2 is 1.78 bits per heavy atom. The van der Waals surface area contributed by atoms with Gasteiger partial charge in [0.25, 0.3) is 0 Å². The Bertz CT molecular complexity index is 813. The van der Waals surface area contributed by atoms with E-state index in [9.17, 15) is 9.59 Å². The molecule has 0 heterocycles. The molecule has 0 aromatic heterocycles. The first-order valence-corrected chi connectivity index (χ1v) is 9.01. The lowest BCUT2D eigenvalue weighted by Gasteiger charge is -2.43. The third-order valence-corrected chi connectivity index (χ3v) is 5.23. The smallest absolute Gasteiger partial charge is 0.335 e. The summed E-state index contributed by atoms with van der Waals surface area (Å²) < 4.78 is 5.50. The Labute approximate surface area is 158 Å². The molecule has 3 N–H and O–H groups in total. The van der Waals surface area contributed by atoms with Crippen LogP contribution in [0.3, 0.4) is 0 Å². The number of urea groups is 1. The maximum Gasteiger partial charge on any atom is 0.335 e. The average molecular weight is 368 g/mol. The predicted octanol–water partition coefficient (Wildman–Crippen LogP) is 3.31. The lowest BCUT2D eigenvalue weighted by molar-refractivity contribution is 0.0697. The molecule has 0 radical (unpaired) electrons. The van der Waals surface area contributed by atoms with E-state index >= 15 is 0 Å². The molecule has 1 aliphatic rings. The van der Waals surface area contributed by atoms with Crippen LogP contribution >= 0.6 is 0 Å². The Hall–Kier alpha value is -3.02. The molecule has 3 rings (SSSR count). The molecule has 6 heteroatoms.